The van der Waals surface area contributed by atoms with Crippen molar-refractivity contribution in [3.05, 3.63) is 24.3 Å². The van der Waals surface area contributed by atoms with Crippen molar-refractivity contribution >= 4 is 19.8 Å². The lowest BCUT2D eigenvalue weighted by Crippen LogP contribution is -2.34. The monoisotopic (exact) mass is 198 g/mol. The topological polar surface area (TPSA) is 9.23 Å². The molecule has 0 amide bonds. The second kappa shape index (κ2) is 4.19. The van der Waals surface area contributed by atoms with E-state index < -0.39 is 0 Å². The number of hydrogen-bond acceptors (Lipinski definition) is 1. The van der Waals surface area contributed by atoms with Crippen molar-refractivity contribution in [3.8, 4) is 0 Å². The SMILES string of the molecule is COPc1ccc([N+](C)(C)C)cc1. The maximum atomic E-state index is 5.08. The Kier molecular flexibility index (Phi) is 3.43. The quantitative estimate of drug-likeness (QED) is 0.531. The minimum absolute atomic E-state index is 0.460. The van der Waals surface area contributed by atoms with E-state index in [2.05, 4.69) is 45.4 Å². The molecule has 0 aliphatic carbocycles. The summed E-state index contributed by atoms with van der Waals surface area (Å²) < 4.78 is 5.93. The number of nitrogens with zero attached hydrogens (tertiary/aromatic N) is 1. The largest absolute Gasteiger partial charge is 0.361 e. The fraction of sp³-hybridized carbons (Fsp3) is 0.400. The molecule has 1 aromatic rings. The minimum atomic E-state index is 0.460. The van der Waals surface area contributed by atoms with Crippen molar-refractivity contribution in [2.45, 2.75) is 0 Å². The van der Waals surface area contributed by atoms with Gasteiger partial charge in [-0.25, -0.2) is 0 Å². The molecule has 0 radical (unpaired) electrons. The van der Waals surface area contributed by atoms with Crippen molar-refractivity contribution < 1.29 is 4.52 Å². The van der Waals surface area contributed by atoms with E-state index in [0.29, 0.717) is 8.81 Å². The molecule has 0 aliphatic rings. The van der Waals surface area contributed by atoms with Gasteiger partial charge in [-0.1, -0.05) is 0 Å². The van der Waals surface area contributed by atoms with Crippen LogP contribution in [0.2, 0.25) is 0 Å². The fourth-order valence-electron chi connectivity index (χ4n) is 1.09. The summed E-state index contributed by atoms with van der Waals surface area (Å²) in [5, 5.41) is 1.25. The van der Waals surface area contributed by atoms with Gasteiger partial charge >= 0.3 is 0 Å². The molecule has 0 aliphatic heterocycles. The lowest BCUT2D eigenvalue weighted by Gasteiger charge is -2.23. The predicted molar refractivity (Wildman–Crippen MR) is 61.0 cm³/mol. The summed E-state index contributed by atoms with van der Waals surface area (Å²) in [6, 6.07) is 8.56. The van der Waals surface area contributed by atoms with Crippen LogP contribution >= 0.6 is 8.81 Å². The summed E-state index contributed by atoms with van der Waals surface area (Å²) in [6.07, 6.45) is 0. The number of rotatable bonds is 3. The zero-order chi connectivity index (χ0) is 9.90. The third-order valence-corrected chi connectivity index (χ3v) is 2.63. The first-order chi connectivity index (χ1) is 6.04. The molecule has 0 spiro atoms. The summed E-state index contributed by atoms with van der Waals surface area (Å²) in [5.41, 5.74) is 1.31. The van der Waals surface area contributed by atoms with Crippen LogP contribution in [-0.2, 0) is 4.52 Å². The summed E-state index contributed by atoms with van der Waals surface area (Å²) in [5.74, 6) is 0. The summed E-state index contributed by atoms with van der Waals surface area (Å²) in [7, 11) is 8.67. The van der Waals surface area contributed by atoms with E-state index in [-0.39, 0.29) is 0 Å². The molecule has 72 valence electrons. The van der Waals surface area contributed by atoms with Gasteiger partial charge in [0.2, 0.25) is 0 Å². The van der Waals surface area contributed by atoms with E-state index >= 15 is 0 Å². The maximum absolute atomic E-state index is 5.08. The van der Waals surface area contributed by atoms with Crippen molar-refractivity contribution in [2.24, 2.45) is 0 Å². The van der Waals surface area contributed by atoms with E-state index in [1.54, 1.807) is 7.11 Å². The van der Waals surface area contributed by atoms with Gasteiger partial charge < -0.3 is 4.52 Å². The van der Waals surface area contributed by atoms with Gasteiger partial charge in [-0.15, -0.1) is 0 Å². The third kappa shape index (κ3) is 3.07. The number of quaternary nitrogens is 1. The van der Waals surface area contributed by atoms with Gasteiger partial charge in [-0.2, -0.15) is 0 Å². The van der Waals surface area contributed by atoms with Crippen LogP contribution in [0, 0.1) is 0 Å². The average Bonchev–Trinajstić information content (AvgIpc) is 2.04. The summed E-state index contributed by atoms with van der Waals surface area (Å²) in [6.45, 7) is 0. The first-order valence-electron chi connectivity index (χ1n) is 4.25. The van der Waals surface area contributed by atoms with E-state index in [4.69, 9.17) is 4.52 Å². The van der Waals surface area contributed by atoms with Crippen LogP contribution < -0.4 is 9.79 Å². The Morgan fingerprint density at radius 3 is 2.00 bits per heavy atom. The Labute approximate surface area is 82.0 Å². The first kappa shape index (κ1) is 10.6. The van der Waals surface area contributed by atoms with Gasteiger partial charge in [0.15, 0.2) is 0 Å². The molecule has 2 nitrogen and oxygen atoms in total. The molecule has 0 saturated heterocycles. The van der Waals surface area contributed by atoms with Gasteiger partial charge in [-0.05, 0) is 29.6 Å². The second-order valence-corrected chi connectivity index (χ2v) is 5.06. The lowest BCUT2D eigenvalue weighted by molar-refractivity contribution is 0.481. The molecule has 0 heterocycles. The van der Waals surface area contributed by atoms with Crippen molar-refractivity contribution in [2.75, 3.05) is 28.3 Å². The molecule has 1 atom stereocenters. The zero-order valence-electron chi connectivity index (χ0n) is 8.66. The fourth-order valence-corrected chi connectivity index (χ4v) is 1.63. The highest BCUT2D eigenvalue weighted by molar-refractivity contribution is 7.41. The van der Waals surface area contributed by atoms with Crippen LogP contribution in [0.15, 0.2) is 24.3 Å². The molecule has 1 unspecified atom stereocenters. The molecule has 0 fully saturated rings. The molecule has 3 heteroatoms. The highest BCUT2D eigenvalue weighted by Gasteiger charge is 2.10. The predicted octanol–water partition coefficient (Wildman–Crippen LogP) is 1.75. The molecule has 0 N–H and O–H groups in total. The number of hydrogen-bond donors (Lipinski definition) is 0. The van der Waals surface area contributed by atoms with Crippen molar-refractivity contribution in [1.29, 1.82) is 0 Å². The Hall–Kier alpha value is -0.430. The minimum Gasteiger partial charge on any atom is -0.361 e. The van der Waals surface area contributed by atoms with Crippen LogP contribution in [-0.4, -0.2) is 28.3 Å². The Balaban J connectivity index is 2.81. The van der Waals surface area contributed by atoms with E-state index in [1.807, 2.05) is 0 Å². The third-order valence-electron chi connectivity index (χ3n) is 1.86. The Bertz CT molecular complexity index is 263. The van der Waals surface area contributed by atoms with E-state index in [0.717, 1.165) is 4.48 Å². The van der Waals surface area contributed by atoms with Gasteiger partial charge in [-0.3, -0.25) is 4.48 Å². The van der Waals surface area contributed by atoms with Crippen LogP contribution in [0.25, 0.3) is 0 Å². The van der Waals surface area contributed by atoms with E-state index in [1.165, 1.54) is 11.0 Å². The van der Waals surface area contributed by atoms with Gasteiger partial charge in [0.1, 0.15) is 5.69 Å². The van der Waals surface area contributed by atoms with Crippen LogP contribution in [0.5, 0.6) is 0 Å². The Morgan fingerprint density at radius 1 is 1.08 bits per heavy atom. The highest BCUT2D eigenvalue weighted by Crippen LogP contribution is 2.17. The molecule has 13 heavy (non-hydrogen) atoms. The first-order valence-corrected chi connectivity index (χ1v) is 5.16. The molecular weight excluding hydrogens is 181 g/mol. The highest BCUT2D eigenvalue weighted by atomic mass is 31.1. The number of benzene rings is 1. The second-order valence-electron chi connectivity index (χ2n) is 3.87. The normalized spacial score (nSPS) is 12.6. The van der Waals surface area contributed by atoms with Gasteiger partial charge in [0.05, 0.1) is 21.1 Å². The van der Waals surface area contributed by atoms with Crippen LogP contribution in [0.4, 0.5) is 5.69 Å². The zero-order valence-corrected chi connectivity index (χ0v) is 9.66. The molecule has 1 rings (SSSR count). The van der Waals surface area contributed by atoms with Crippen LogP contribution in [0.1, 0.15) is 0 Å². The Morgan fingerprint density at radius 2 is 1.62 bits per heavy atom. The molecule has 1 aromatic carbocycles. The van der Waals surface area contributed by atoms with Crippen molar-refractivity contribution in [1.82, 2.24) is 4.48 Å². The summed E-state index contributed by atoms with van der Waals surface area (Å²) in [4.78, 5) is 0. The standard InChI is InChI=1S/C10H17NOP/c1-11(2,3)9-5-7-10(8-6-9)13-12-4/h5-8,13H,1-4H3/q+1. The van der Waals surface area contributed by atoms with E-state index in [9.17, 15) is 0 Å². The summed E-state index contributed by atoms with van der Waals surface area (Å²) >= 11 is 0. The molecular formula is C10H17NOP+. The smallest absolute Gasteiger partial charge is 0.132 e. The lowest BCUT2D eigenvalue weighted by atomic mass is 10.3. The van der Waals surface area contributed by atoms with Crippen LogP contribution in [0.3, 0.4) is 0 Å². The molecule has 0 saturated carbocycles. The molecule has 0 bridgehead atoms. The molecule has 0 aromatic heterocycles. The van der Waals surface area contributed by atoms with Crippen molar-refractivity contribution in [3.63, 3.8) is 0 Å². The van der Waals surface area contributed by atoms with Gasteiger partial charge in [0.25, 0.3) is 0 Å². The average molecular weight is 198 g/mol. The maximum Gasteiger partial charge on any atom is 0.132 e. The van der Waals surface area contributed by atoms with Gasteiger partial charge in [0, 0.05) is 15.9 Å².